The lowest BCUT2D eigenvalue weighted by molar-refractivity contribution is 0.0513. The van der Waals surface area contributed by atoms with Gasteiger partial charge in [0.2, 0.25) is 0 Å². The topological polar surface area (TPSA) is 48.9 Å². The minimum Gasteiger partial charge on any atom is -0.381 e. The summed E-state index contributed by atoms with van der Waals surface area (Å²) in [5.74, 6) is 0.918. The minimum absolute atomic E-state index is 0.111. The Morgan fingerprint density at radius 3 is 2.55 bits per heavy atom. The highest BCUT2D eigenvalue weighted by Gasteiger charge is 2.34. The van der Waals surface area contributed by atoms with E-state index in [1.165, 1.54) is 10.6 Å². The van der Waals surface area contributed by atoms with Gasteiger partial charge in [-0.1, -0.05) is 30.3 Å². The molecule has 5 nitrogen and oxygen atoms in total. The number of hydrogen-bond donors (Lipinski definition) is 2. The average Bonchev–Trinajstić information content (AvgIpc) is 3.33. The molecule has 0 bridgehead atoms. The summed E-state index contributed by atoms with van der Waals surface area (Å²) in [7, 11) is 1.87. The molecule has 6 heteroatoms. The molecule has 29 heavy (non-hydrogen) atoms. The third-order valence-corrected chi connectivity index (χ3v) is 7.24. The Labute approximate surface area is 178 Å². The van der Waals surface area contributed by atoms with Gasteiger partial charge in [-0.15, -0.1) is 11.3 Å². The lowest BCUT2D eigenvalue weighted by Gasteiger charge is -2.39. The molecule has 1 aromatic heterocycles. The van der Waals surface area contributed by atoms with Crippen LogP contribution in [0, 0.1) is 0 Å². The normalized spacial score (nSPS) is 20.4. The summed E-state index contributed by atoms with van der Waals surface area (Å²) in [4.78, 5) is 7.00. The van der Waals surface area contributed by atoms with Crippen LogP contribution >= 0.6 is 11.3 Å². The third-order valence-electron chi connectivity index (χ3n) is 6.31. The van der Waals surface area contributed by atoms with Crippen LogP contribution in [0.3, 0.4) is 0 Å². The molecule has 0 amide bonds. The molecule has 2 fully saturated rings. The van der Waals surface area contributed by atoms with Gasteiger partial charge in [-0.2, -0.15) is 0 Å². The quantitative estimate of drug-likeness (QED) is 0.582. The summed E-state index contributed by atoms with van der Waals surface area (Å²) < 4.78 is 5.66. The molecule has 2 saturated heterocycles. The van der Waals surface area contributed by atoms with Crippen LogP contribution in [0.1, 0.15) is 31.2 Å². The summed E-state index contributed by atoms with van der Waals surface area (Å²) >= 11 is 1.83. The average molecular weight is 413 g/mol. The first-order chi connectivity index (χ1) is 14.3. The van der Waals surface area contributed by atoms with Gasteiger partial charge >= 0.3 is 0 Å². The Morgan fingerprint density at radius 2 is 1.90 bits per heavy atom. The van der Waals surface area contributed by atoms with Gasteiger partial charge in [-0.3, -0.25) is 4.99 Å². The van der Waals surface area contributed by atoms with Gasteiger partial charge in [0.15, 0.2) is 5.96 Å². The largest absolute Gasteiger partial charge is 0.381 e. The van der Waals surface area contributed by atoms with Crippen LogP contribution in [0.2, 0.25) is 0 Å². The zero-order chi connectivity index (χ0) is 19.9. The number of anilines is 1. The van der Waals surface area contributed by atoms with Crippen LogP contribution in [-0.2, 0) is 10.2 Å². The van der Waals surface area contributed by atoms with Crippen molar-refractivity contribution in [2.24, 2.45) is 4.99 Å². The standard InChI is InChI=1S/C23H32N4OS/c1-24-22(26-20-9-13-27(14-10-20)21-8-5-17-29-21)25-18-23(11-15-28-16-12-23)19-6-3-2-4-7-19/h2-8,17,20H,9-16,18H2,1H3,(H2,24,25,26). The van der Waals surface area contributed by atoms with E-state index in [9.17, 15) is 0 Å². The first kappa shape index (κ1) is 20.2. The maximum atomic E-state index is 5.66. The predicted octanol–water partition coefficient (Wildman–Crippen LogP) is 3.63. The van der Waals surface area contributed by atoms with Crippen molar-refractivity contribution in [1.82, 2.24) is 10.6 Å². The SMILES string of the molecule is CN=C(NCC1(c2ccccc2)CCOCC1)NC1CCN(c2cccs2)CC1. The molecule has 2 aromatic rings. The number of guanidine groups is 1. The molecule has 0 unspecified atom stereocenters. The molecule has 2 N–H and O–H groups in total. The number of nitrogens with zero attached hydrogens (tertiary/aromatic N) is 2. The highest BCUT2D eigenvalue weighted by Crippen LogP contribution is 2.34. The summed E-state index contributed by atoms with van der Waals surface area (Å²) in [5, 5.41) is 10.8. The van der Waals surface area contributed by atoms with Gasteiger partial charge in [0.05, 0.1) is 5.00 Å². The molecule has 1 aromatic carbocycles. The van der Waals surface area contributed by atoms with E-state index in [4.69, 9.17) is 4.74 Å². The lowest BCUT2D eigenvalue weighted by atomic mass is 9.74. The van der Waals surface area contributed by atoms with Crippen molar-refractivity contribution in [1.29, 1.82) is 0 Å². The fourth-order valence-corrected chi connectivity index (χ4v) is 5.24. The third kappa shape index (κ3) is 4.93. The molecule has 0 radical (unpaired) electrons. The Hall–Kier alpha value is -2.05. The molecule has 0 saturated carbocycles. The highest BCUT2D eigenvalue weighted by atomic mass is 32.1. The summed E-state index contributed by atoms with van der Waals surface area (Å²) in [5.41, 5.74) is 1.51. The number of piperidine rings is 1. The lowest BCUT2D eigenvalue weighted by Crippen LogP contribution is -2.52. The van der Waals surface area contributed by atoms with Crippen LogP contribution in [0.4, 0.5) is 5.00 Å². The Bertz CT molecular complexity index is 763. The molecule has 0 spiro atoms. The fraction of sp³-hybridized carbons (Fsp3) is 0.522. The second-order valence-corrected chi connectivity index (χ2v) is 8.97. The van der Waals surface area contributed by atoms with Gasteiger partial charge in [0, 0.05) is 51.4 Å². The van der Waals surface area contributed by atoms with E-state index in [0.29, 0.717) is 6.04 Å². The predicted molar refractivity (Wildman–Crippen MR) is 122 cm³/mol. The minimum atomic E-state index is 0.111. The van der Waals surface area contributed by atoms with Crippen LogP contribution in [0.15, 0.2) is 52.8 Å². The maximum absolute atomic E-state index is 5.66. The van der Waals surface area contributed by atoms with E-state index in [0.717, 1.165) is 64.5 Å². The molecule has 156 valence electrons. The Kier molecular flexibility index (Phi) is 6.72. The van der Waals surface area contributed by atoms with Gasteiger partial charge < -0.3 is 20.3 Å². The number of benzene rings is 1. The Morgan fingerprint density at radius 1 is 1.14 bits per heavy atom. The molecule has 3 heterocycles. The van der Waals surface area contributed by atoms with E-state index in [1.807, 2.05) is 18.4 Å². The van der Waals surface area contributed by atoms with Crippen LogP contribution in [0.5, 0.6) is 0 Å². The number of rotatable bonds is 5. The summed E-state index contributed by atoms with van der Waals surface area (Å²) in [6.45, 7) is 4.72. The molecular formula is C23H32N4OS. The van der Waals surface area contributed by atoms with Crippen molar-refractivity contribution in [3.63, 3.8) is 0 Å². The van der Waals surface area contributed by atoms with Crippen molar-refractivity contribution in [2.75, 3.05) is 44.8 Å². The van der Waals surface area contributed by atoms with E-state index in [1.54, 1.807) is 0 Å². The van der Waals surface area contributed by atoms with Crippen molar-refractivity contribution in [3.05, 3.63) is 53.4 Å². The second kappa shape index (κ2) is 9.63. The number of nitrogens with one attached hydrogen (secondary N) is 2. The highest BCUT2D eigenvalue weighted by molar-refractivity contribution is 7.14. The monoisotopic (exact) mass is 412 g/mol. The van der Waals surface area contributed by atoms with E-state index < -0.39 is 0 Å². The zero-order valence-electron chi connectivity index (χ0n) is 17.3. The van der Waals surface area contributed by atoms with Gasteiger partial charge in [-0.05, 0) is 48.8 Å². The maximum Gasteiger partial charge on any atom is 0.191 e. The van der Waals surface area contributed by atoms with Gasteiger partial charge in [0.1, 0.15) is 0 Å². The molecule has 0 atom stereocenters. The number of ether oxygens (including phenoxy) is 1. The fourth-order valence-electron chi connectivity index (χ4n) is 4.46. The molecule has 2 aliphatic heterocycles. The first-order valence-electron chi connectivity index (χ1n) is 10.7. The molecule has 4 rings (SSSR count). The molecule has 0 aliphatic carbocycles. The first-order valence-corrected chi connectivity index (χ1v) is 11.6. The number of thiophene rings is 1. The van der Waals surface area contributed by atoms with Crippen molar-refractivity contribution in [2.45, 2.75) is 37.1 Å². The van der Waals surface area contributed by atoms with Crippen molar-refractivity contribution < 1.29 is 4.74 Å². The smallest absolute Gasteiger partial charge is 0.191 e. The summed E-state index contributed by atoms with van der Waals surface area (Å²) in [6.07, 6.45) is 4.35. The van der Waals surface area contributed by atoms with Crippen molar-refractivity contribution in [3.8, 4) is 0 Å². The Balaban J connectivity index is 1.33. The number of hydrogen-bond acceptors (Lipinski definition) is 4. The van der Waals surface area contributed by atoms with Crippen LogP contribution < -0.4 is 15.5 Å². The zero-order valence-corrected chi connectivity index (χ0v) is 18.1. The van der Waals surface area contributed by atoms with E-state index >= 15 is 0 Å². The van der Waals surface area contributed by atoms with E-state index in [2.05, 4.69) is 68.4 Å². The molecule has 2 aliphatic rings. The summed E-state index contributed by atoms with van der Waals surface area (Å²) in [6, 6.07) is 15.7. The second-order valence-electron chi connectivity index (χ2n) is 8.04. The van der Waals surface area contributed by atoms with E-state index in [-0.39, 0.29) is 5.41 Å². The molecular weight excluding hydrogens is 380 g/mol. The van der Waals surface area contributed by atoms with Crippen LogP contribution in [-0.4, -0.2) is 51.9 Å². The van der Waals surface area contributed by atoms with Gasteiger partial charge in [0.25, 0.3) is 0 Å². The van der Waals surface area contributed by atoms with Crippen LogP contribution in [0.25, 0.3) is 0 Å². The van der Waals surface area contributed by atoms with Crippen molar-refractivity contribution >= 4 is 22.3 Å². The number of aliphatic imine (C=N–C) groups is 1. The van der Waals surface area contributed by atoms with Gasteiger partial charge in [-0.25, -0.2) is 0 Å².